The molecule has 1 rings (SSSR count). The van der Waals surface area contributed by atoms with Gasteiger partial charge in [-0.2, -0.15) is 0 Å². The number of hydrogen-bond donors (Lipinski definition) is 2. The van der Waals surface area contributed by atoms with Gasteiger partial charge in [0, 0.05) is 11.7 Å². The average molecular weight is 152 g/mol. The molecular weight excluding hydrogens is 140 g/mol. The minimum Gasteiger partial charge on any atom is -0.368 e. The maximum absolute atomic E-state index is 5.61. The first-order valence-electron chi connectivity index (χ1n) is 3.46. The predicted molar refractivity (Wildman–Crippen MR) is 43.8 cm³/mol. The van der Waals surface area contributed by atoms with E-state index in [0.29, 0.717) is 0 Å². The molecule has 0 fully saturated rings. The molecule has 0 radical (unpaired) electrons. The van der Waals surface area contributed by atoms with Gasteiger partial charge >= 0.3 is 0 Å². The second-order valence-electron chi connectivity index (χ2n) is 2.58. The van der Waals surface area contributed by atoms with Gasteiger partial charge < -0.3 is 11.5 Å². The topological polar surface area (TPSA) is 77.8 Å². The van der Waals surface area contributed by atoms with Crippen LogP contribution in [0.2, 0.25) is 0 Å². The van der Waals surface area contributed by atoms with Crippen molar-refractivity contribution in [3.8, 4) is 0 Å². The van der Waals surface area contributed by atoms with Crippen molar-refractivity contribution in [3.05, 3.63) is 17.5 Å². The van der Waals surface area contributed by atoms with Crippen LogP contribution in [0, 0.1) is 6.92 Å². The fourth-order valence-electron chi connectivity index (χ4n) is 0.850. The highest BCUT2D eigenvalue weighted by atomic mass is 15.0. The van der Waals surface area contributed by atoms with Crippen LogP contribution in [0.25, 0.3) is 0 Å². The number of anilines is 1. The first-order chi connectivity index (χ1) is 5.09. The summed E-state index contributed by atoms with van der Waals surface area (Å²) in [6.07, 6.45) is 0. The quantitative estimate of drug-likeness (QED) is 0.610. The van der Waals surface area contributed by atoms with E-state index in [9.17, 15) is 0 Å². The Morgan fingerprint density at radius 1 is 1.45 bits per heavy atom. The molecule has 4 N–H and O–H groups in total. The van der Waals surface area contributed by atoms with Crippen LogP contribution < -0.4 is 11.5 Å². The highest BCUT2D eigenvalue weighted by molar-refractivity contribution is 5.23. The Morgan fingerprint density at radius 2 is 2.09 bits per heavy atom. The number of nitrogens with two attached hydrogens (primary N) is 2. The van der Waals surface area contributed by atoms with E-state index in [1.807, 2.05) is 19.9 Å². The Labute approximate surface area is 65.6 Å². The van der Waals surface area contributed by atoms with E-state index in [4.69, 9.17) is 11.5 Å². The van der Waals surface area contributed by atoms with E-state index in [-0.39, 0.29) is 12.0 Å². The van der Waals surface area contributed by atoms with Crippen LogP contribution in [0.1, 0.15) is 24.4 Å². The standard InChI is InChI=1S/C7H12N4/c1-4-3-6(5(2)8)11-7(9)10-4/h3,5H,8H2,1-2H3,(H2,9,10,11). The number of nitrogen functional groups attached to an aromatic ring is 1. The lowest BCUT2D eigenvalue weighted by Crippen LogP contribution is -2.10. The Hall–Kier alpha value is -1.16. The van der Waals surface area contributed by atoms with Gasteiger partial charge in [0.2, 0.25) is 5.95 Å². The molecule has 4 nitrogen and oxygen atoms in total. The number of aryl methyl sites for hydroxylation is 1. The third kappa shape index (κ3) is 1.88. The van der Waals surface area contributed by atoms with Gasteiger partial charge in [-0.15, -0.1) is 0 Å². The summed E-state index contributed by atoms with van der Waals surface area (Å²) in [4.78, 5) is 7.90. The highest BCUT2D eigenvalue weighted by Crippen LogP contribution is 2.08. The summed E-state index contributed by atoms with van der Waals surface area (Å²) in [6.45, 7) is 3.73. The molecule has 0 aliphatic carbocycles. The SMILES string of the molecule is Cc1cc(C(C)N)nc(N)n1. The van der Waals surface area contributed by atoms with E-state index < -0.39 is 0 Å². The van der Waals surface area contributed by atoms with Crippen LogP contribution in [-0.2, 0) is 0 Å². The van der Waals surface area contributed by atoms with Crippen LogP contribution >= 0.6 is 0 Å². The zero-order chi connectivity index (χ0) is 8.43. The molecule has 0 bridgehead atoms. The van der Waals surface area contributed by atoms with E-state index in [1.54, 1.807) is 0 Å². The van der Waals surface area contributed by atoms with Crippen molar-refractivity contribution in [1.29, 1.82) is 0 Å². The van der Waals surface area contributed by atoms with E-state index in [0.717, 1.165) is 11.4 Å². The van der Waals surface area contributed by atoms with Gasteiger partial charge in [-0.25, -0.2) is 9.97 Å². The lowest BCUT2D eigenvalue weighted by molar-refractivity contribution is 0.774. The fourth-order valence-corrected chi connectivity index (χ4v) is 0.850. The Kier molecular flexibility index (Phi) is 2.05. The Bertz CT molecular complexity index is 236. The molecule has 0 saturated heterocycles. The van der Waals surface area contributed by atoms with Crippen molar-refractivity contribution in [1.82, 2.24) is 9.97 Å². The lowest BCUT2D eigenvalue weighted by atomic mass is 10.2. The number of aromatic nitrogens is 2. The van der Waals surface area contributed by atoms with Gasteiger partial charge in [-0.1, -0.05) is 0 Å². The molecule has 0 amide bonds. The van der Waals surface area contributed by atoms with Crippen molar-refractivity contribution >= 4 is 5.95 Å². The summed E-state index contributed by atoms with van der Waals surface area (Å²) in [5.74, 6) is 0.289. The molecule has 1 aromatic heterocycles. The molecule has 11 heavy (non-hydrogen) atoms. The minimum atomic E-state index is -0.0843. The van der Waals surface area contributed by atoms with Gasteiger partial charge in [-0.05, 0) is 19.9 Å². The Balaban J connectivity index is 3.08. The van der Waals surface area contributed by atoms with Crippen molar-refractivity contribution in [3.63, 3.8) is 0 Å². The van der Waals surface area contributed by atoms with Crippen molar-refractivity contribution in [2.24, 2.45) is 5.73 Å². The molecule has 60 valence electrons. The van der Waals surface area contributed by atoms with Crippen LogP contribution in [0.5, 0.6) is 0 Å². The van der Waals surface area contributed by atoms with Crippen molar-refractivity contribution < 1.29 is 0 Å². The largest absolute Gasteiger partial charge is 0.368 e. The molecule has 0 aromatic carbocycles. The lowest BCUT2D eigenvalue weighted by Gasteiger charge is -2.05. The fraction of sp³-hybridized carbons (Fsp3) is 0.429. The molecular formula is C7H12N4. The van der Waals surface area contributed by atoms with Crippen molar-refractivity contribution in [2.75, 3.05) is 5.73 Å². The molecule has 1 aromatic rings. The Morgan fingerprint density at radius 3 is 2.55 bits per heavy atom. The second kappa shape index (κ2) is 2.84. The smallest absolute Gasteiger partial charge is 0.220 e. The van der Waals surface area contributed by atoms with Gasteiger partial charge in [0.05, 0.1) is 5.69 Å². The third-order valence-electron chi connectivity index (χ3n) is 1.36. The van der Waals surface area contributed by atoms with Crippen LogP contribution in [0.3, 0.4) is 0 Å². The summed E-state index contributed by atoms with van der Waals surface area (Å²) in [5.41, 5.74) is 12.7. The van der Waals surface area contributed by atoms with Crippen molar-refractivity contribution in [2.45, 2.75) is 19.9 Å². The first-order valence-corrected chi connectivity index (χ1v) is 3.46. The summed E-state index contributed by atoms with van der Waals surface area (Å²) in [7, 11) is 0. The number of hydrogen-bond acceptors (Lipinski definition) is 4. The maximum Gasteiger partial charge on any atom is 0.220 e. The average Bonchev–Trinajstić information content (AvgIpc) is 1.85. The predicted octanol–water partition coefficient (Wildman–Crippen LogP) is 0.387. The second-order valence-corrected chi connectivity index (χ2v) is 2.58. The van der Waals surface area contributed by atoms with E-state index in [2.05, 4.69) is 9.97 Å². The minimum absolute atomic E-state index is 0.0843. The molecule has 0 spiro atoms. The zero-order valence-corrected chi connectivity index (χ0v) is 6.70. The number of rotatable bonds is 1. The van der Waals surface area contributed by atoms with E-state index in [1.165, 1.54) is 0 Å². The van der Waals surface area contributed by atoms with Gasteiger partial charge in [0.1, 0.15) is 0 Å². The van der Waals surface area contributed by atoms with Gasteiger partial charge in [0.25, 0.3) is 0 Å². The van der Waals surface area contributed by atoms with Crippen LogP contribution in [0.4, 0.5) is 5.95 Å². The molecule has 1 atom stereocenters. The van der Waals surface area contributed by atoms with Gasteiger partial charge in [0.15, 0.2) is 0 Å². The molecule has 0 aliphatic heterocycles. The summed E-state index contributed by atoms with van der Waals surface area (Å²) < 4.78 is 0. The monoisotopic (exact) mass is 152 g/mol. The molecule has 0 aliphatic rings. The van der Waals surface area contributed by atoms with Crippen LogP contribution in [0.15, 0.2) is 6.07 Å². The molecule has 1 heterocycles. The summed E-state index contributed by atoms with van der Waals surface area (Å²) in [5, 5.41) is 0. The first kappa shape index (κ1) is 7.94. The zero-order valence-electron chi connectivity index (χ0n) is 6.70. The van der Waals surface area contributed by atoms with E-state index >= 15 is 0 Å². The van der Waals surface area contributed by atoms with Crippen LogP contribution in [-0.4, -0.2) is 9.97 Å². The molecule has 4 heteroatoms. The third-order valence-corrected chi connectivity index (χ3v) is 1.36. The van der Waals surface area contributed by atoms with Gasteiger partial charge in [-0.3, -0.25) is 0 Å². The summed E-state index contributed by atoms with van der Waals surface area (Å²) in [6, 6.07) is 1.75. The number of nitrogens with zero attached hydrogens (tertiary/aromatic N) is 2. The maximum atomic E-state index is 5.61. The molecule has 0 saturated carbocycles. The summed E-state index contributed by atoms with van der Waals surface area (Å²) >= 11 is 0. The molecule has 1 unspecified atom stereocenters. The highest BCUT2D eigenvalue weighted by Gasteiger charge is 2.02. The normalized spacial score (nSPS) is 13.0.